The van der Waals surface area contributed by atoms with Gasteiger partial charge in [0.05, 0.1) is 5.56 Å². The van der Waals surface area contributed by atoms with Gasteiger partial charge >= 0.3 is 0 Å². The van der Waals surface area contributed by atoms with Crippen LogP contribution in [-0.2, 0) is 0 Å². The van der Waals surface area contributed by atoms with Gasteiger partial charge in [-0.05, 0) is 48.0 Å². The predicted molar refractivity (Wildman–Crippen MR) is 73.6 cm³/mol. The van der Waals surface area contributed by atoms with E-state index in [1.807, 2.05) is 32.1 Å². The van der Waals surface area contributed by atoms with Crippen LogP contribution < -0.4 is 5.32 Å². The van der Waals surface area contributed by atoms with Gasteiger partial charge in [-0.1, -0.05) is 27.6 Å². The molecule has 1 N–H and O–H groups in total. The molecule has 0 aliphatic heterocycles. The first-order chi connectivity index (χ1) is 7.50. The van der Waals surface area contributed by atoms with Crippen molar-refractivity contribution in [2.45, 2.75) is 13.8 Å². The van der Waals surface area contributed by atoms with Crippen LogP contribution in [0.4, 0.5) is 0 Å². The van der Waals surface area contributed by atoms with Crippen LogP contribution in [-0.4, -0.2) is 12.5 Å². The predicted octanol–water partition coefficient (Wildman–Crippen LogP) is 3.91. The van der Waals surface area contributed by atoms with Crippen molar-refractivity contribution in [3.05, 3.63) is 44.4 Å². The first-order valence-electron chi connectivity index (χ1n) is 4.87. The summed E-state index contributed by atoms with van der Waals surface area (Å²) in [6.07, 6.45) is 1.98. The van der Waals surface area contributed by atoms with Gasteiger partial charge in [-0.2, -0.15) is 0 Å². The maximum Gasteiger partial charge on any atom is 0.252 e. The minimum atomic E-state index is -0.0781. The van der Waals surface area contributed by atoms with Gasteiger partial charge in [0.15, 0.2) is 0 Å². The van der Waals surface area contributed by atoms with Gasteiger partial charge in [0, 0.05) is 15.5 Å². The summed E-state index contributed by atoms with van der Waals surface area (Å²) in [4.78, 5) is 11.8. The second-order valence-electron chi connectivity index (χ2n) is 3.62. The molecule has 1 rings (SSSR count). The second kappa shape index (κ2) is 6.21. The zero-order valence-electron chi connectivity index (χ0n) is 9.18. The number of allylic oxidation sites excluding steroid dienone is 1. The molecule has 0 spiro atoms. The van der Waals surface area contributed by atoms with Crippen LogP contribution in [0.1, 0.15) is 24.2 Å². The number of carbonyl (C=O) groups is 1. The number of hydrogen-bond donors (Lipinski definition) is 1. The van der Waals surface area contributed by atoms with Gasteiger partial charge in [0.2, 0.25) is 0 Å². The zero-order valence-corrected chi connectivity index (χ0v) is 12.4. The van der Waals surface area contributed by atoms with Gasteiger partial charge < -0.3 is 5.32 Å². The Hall–Kier alpha value is -0.610. The topological polar surface area (TPSA) is 29.1 Å². The summed E-state index contributed by atoms with van der Waals surface area (Å²) < 4.78 is 1.69. The Bertz CT molecular complexity index is 423. The van der Waals surface area contributed by atoms with E-state index in [1.54, 1.807) is 6.07 Å². The van der Waals surface area contributed by atoms with Crippen LogP contribution in [0.5, 0.6) is 0 Å². The minimum Gasteiger partial charge on any atom is -0.349 e. The highest BCUT2D eigenvalue weighted by molar-refractivity contribution is 9.11. The highest BCUT2D eigenvalue weighted by Gasteiger charge is 2.08. The molecule has 0 aliphatic rings. The molecule has 86 valence electrons. The largest absolute Gasteiger partial charge is 0.349 e. The van der Waals surface area contributed by atoms with Crippen molar-refractivity contribution in [2.24, 2.45) is 0 Å². The van der Waals surface area contributed by atoms with Crippen LogP contribution in [0.15, 0.2) is 38.8 Å². The van der Waals surface area contributed by atoms with Gasteiger partial charge in [-0.15, -0.1) is 0 Å². The Morgan fingerprint density at radius 2 is 2.06 bits per heavy atom. The van der Waals surface area contributed by atoms with Gasteiger partial charge in [0.25, 0.3) is 5.91 Å². The molecule has 0 saturated heterocycles. The summed E-state index contributed by atoms with van der Waals surface area (Å²) in [5, 5.41) is 2.83. The van der Waals surface area contributed by atoms with E-state index >= 15 is 0 Å². The van der Waals surface area contributed by atoms with E-state index in [0.717, 1.165) is 8.95 Å². The number of carbonyl (C=O) groups excluding carboxylic acids is 1. The van der Waals surface area contributed by atoms with Crippen molar-refractivity contribution >= 4 is 37.8 Å². The van der Waals surface area contributed by atoms with Crippen LogP contribution in [0, 0.1) is 0 Å². The van der Waals surface area contributed by atoms with Crippen molar-refractivity contribution < 1.29 is 4.79 Å². The standard InChI is InChI=1S/C12H13Br2NO/c1-8(2)5-6-15-12(16)10-7-9(13)3-4-11(10)14/h3-5,7H,6H2,1-2H3,(H,15,16). The number of hydrogen-bond acceptors (Lipinski definition) is 1. The van der Waals surface area contributed by atoms with Crippen molar-refractivity contribution in [3.63, 3.8) is 0 Å². The van der Waals surface area contributed by atoms with Crippen molar-refractivity contribution in [3.8, 4) is 0 Å². The lowest BCUT2D eigenvalue weighted by Crippen LogP contribution is -2.23. The lowest BCUT2D eigenvalue weighted by molar-refractivity contribution is 0.0957. The molecule has 0 atom stereocenters. The fourth-order valence-corrected chi connectivity index (χ4v) is 1.90. The van der Waals surface area contributed by atoms with Gasteiger partial charge in [-0.3, -0.25) is 4.79 Å². The maximum absolute atomic E-state index is 11.8. The van der Waals surface area contributed by atoms with Crippen molar-refractivity contribution in [2.75, 3.05) is 6.54 Å². The molecule has 0 bridgehead atoms. The molecule has 0 fully saturated rings. The highest BCUT2D eigenvalue weighted by atomic mass is 79.9. The first-order valence-corrected chi connectivity index (χ1v) is 6.46. The third-order valence-electron chi connectivity index (χ3n) is 1.95. The number of nitrogens with one attached hydrogen (secondary N) is 1. The molecule has 0 aliphatic carbocycles. The summed E-state index contributed by atoms with van der Waals surface area (Å²) in [5.74, 6) is -0.0781. The minimum absolute atomic E-state index is 0.0781. The molecular weight excluding hydrogens is 334 g/mol. The maximum atomic E-state index is 11.8. The summed E-state index contributed by atoms with van der Waals surface area (Å²) >= 11 is 6.70. The van der Waals surface area contributed by atoms with Crippen LogP contribution in [0.25, 0.3) is 0 Å². The second-order valence-corrected chi connectivity index (χ2v) is 5.39. The zero-order chi connectivity index (χ0) is 12.1. The first kappa shape index (κ1) is 13.5. The van der Waals surface area contributed by atoms with Gasteiger partial charge in [0.1, 0.15) is 0 Å². The summed E-state index contributed by atoms with van der Waals surface area (Å²) in [6, 6.07) is 5.53. The highest BCUT2D eigenvalue weighted by Crippen LogP contribution is 2.21. The fourth-order valence-electron chi connectivity index (χ4n) is 1.11. The Balaban J connectivity index is 2.73. The molecule has 0 aromatic heterocycles. The average molecular weight is 347 g/mol. The number of rotatable bonds is 3. The van der Waals surface area contributed by atoms with Crippen LogP contribution >= 0.6 is 31.9 Å². The Morgan fingerprint density at radius 3 is 2.69 bits per heavy atom. The van der Waals surface area contributed by atoms with E-state index in [1.165, 1.54) is 5.57 Å². The number of halogens is 2. The molecule has 0 unspecified atom stereocenters. The normalized spacial score (nSPS) is 9.75. The third-order valence-corrected chi connectivity index (χ3v) is 3.13. The van der Waals surface area contributed by atoms with Gasteiger partial charge in [-0.25, -0.2) is 0 Å². The monoisotopic (exact) mass is 345 g/mol. The quantitative estimate of drug-likeness (QED) is 0.826. The SMILES string of the molecule is CC(C)=CCNC(=O)c1cc(Br)ccc1Br. The van der Waals surface area contributed by atoms with Crippen molar-refractivity contribution in [1.82, 2.24) is 5.32 Å². The van der Waals surface area contributed by atoms with E-state index in [0.29, 0.717) is 12.1 Å². The Morgan fingerprint density at radius 1 is 1.38 bits per heavy atom. The Labute approximate surface area is 112 Å². The smallest absolute Gasteiger partial charge is 0.252 e. The van der Waals surface area contributed by atoms with E-state index < -0.39 is 0 Å². The summed E-state index contributed by atoms with van der Waals surface area (Å²) in [6.45, 7) is 4.56. The molecule has 0 saturated carbocycles. The van der Waals surface area contributed by atoms with E-state index in [4.69, 9.17) is 0 Å². The molecule has 1 amide bonds. The third kappa shape index (κ3) is 4.10. The molecule has 4 heteroatoms. The van der Waals surface area contributed by atoms with Crippen LogP contribution in [0.3, 0.4) is 0 Å². The summed E-state index contributed by atoms with van der Waals surface area (Å²) in [7, 11) is 0. The fraction of sp³-hybridized carbons (Fsp3) is 0.250. The van der Waals surface area contributed by atoms with Crippen molar-refractivity contribution in [1.29, 1.82) is 0 Å². The lowest BCUT2D eigenvalue weighted by atomic mass is 10.2. The Kier molecular flexibility index (Phi) is 5.22. The molecule has 0 radical (unpaired) electrons. The molecule has 1 aromatic carbocycles. The number of benzene rings is 1. The lowest BCUT2D eigenvalue weighted by Gasteiger charge is -2.05. The molecule has 16 heavy (non-hydrogen) atoms. The average Bonchev–Trinajstić information content (AvgIpc) is 2.21. The summed E-state index contributed by atoms with van der Waals surface area (Å²) in [5.41, 5.74) is 1.82. The number of amides is 1. The van der Waals surface area contributed by atoms with E-state index in [2.05, 4.69) is 37.2 Å². The molecular formula is C12H13Br2NO. The van der Waals surface area contributed by atoms with E-state index in [9.17, 15) is 4.79 Å². The molecule has 1 aromatic rings. The molecule has 0 heterocycles. The van der Waals surface area contributed by atoms with Crippen LogP contribution in [0.2, 0.25) is 0 Å². The molecule has 2 nitrogen and oxygen atoms in total. The van der Waals surface area contributed by atoms with E-state index in [-0.39, 0.29) is 5.91 Å².